The van der Waals surface area contributed by atoms with Crippen molar-refractivity contribution in [2.24, 2.45) is 0 Å². The minimum atomic E-state index is -3.09. The fourth-order valence-electron chi connectivity index (χ4n) is 5.04. The highest BCUT2D eigenvalue weighted by molar-refractivity contribution is 7.89. The van der Waals surface area contributed by atoms with E-state index in [1.807, 2.05) is 47.4 Å². The number of halogens is 1. The van der Waals surface area contributed by atoms with Crippen LogP contribution >= 0.6 is 0 Å². The summed E-state index contributed by atoms with van der Waals surface area (Å²) in [4.78, 5) is 22.0. The third-order valence-electron chi connectivity index (χ3n) is 7.05. The molecule has 0 bridgehead atoms. The van der Waals surface area contributed by atoms with Gasteiger partial charge in [-0.05, 0) is 72.5 Å². The molecule has 4 aromatic rings. The largest absolute Gasteiger partial charge is 0.439 e. The summed E-state index contributed by atoms with van der Waals surface area (Å²) in [5, 5.41) is 2.91. The number of hydrogen-bond donors (Lipinski definition) is 1. The normalized spacial score (nSPS) is 14.3. The minimum absolute atomic E-state index is 0.00898. The lowest BCUT2D eigenvalue weighted by Crippen LogP contribution is -2.49. The highest BCUT2D eigenvalue weighted by Gasteiger charge is 2.29. The second-order valence-corrected chi connectivity index (χ2v) is 12.6. The number of rotatable bonds is 9. The van der Waals surface area contributed by atoms with E-state index in [1.54, 1.807) is 42.6 Å². The molecule has 0 saturated carbocycles. The lowest BCUT2D eigenvalue weighted by atomic mass is 10.0. The first-order valence-electron chi connectivity index (χ1n) is 13.7. The van der Waals surface area contributed by atoms with Gasteiger partial charge >= 0.3 is 6.03 Å². The Hall–Kier alpha value is -4.28. The average Bonchev–Trinajstić information content (AvgIpc) is 2.97. The van der Waals surface area contributed by atoms with E-state index in [4.69, 9.17) is 4.74 Å². The third kappa shape index (κ3) is 8.14. The van der Waals surface area contributed by atoms with Gasteiger partial charge in [0.1, 0.15) is 11.6 Å². The van der Waals surface area contributed by atoms with Crippen LogP contribution < -0.4 is 15.0 Å². The number of aromatic nitrogens is 1. The van der Waals surface area contributed by atoms with Crippen LogP contribution in [-0.2, 0) is 22.1 Å². The predicted octanol–water partition coefficient (Wildman–Crippen LogP) is 6.26. The Labute approximate surface area is 245 Å². The van der Waals surface area contributed by atoms with E-state index >= 15 is 0 Å². The Bertz CT molecular complexity index is 1570. The van der Waals surface area contributed by atoms with Crippen molar-refractivity contribution in [2.45, 2.75) is 31.2 Å². The lowest BCUT2D eigenvalue weighted by molar-refractivity contribution is 0.199. The van der Waals surface area contributed by atoms with Gasteiger partial charge in [0.2, 0.25) is 5.88 Å². The Balaban J connectivity index is 1.16. The van der Waals surface area contributed by atoms with Crippen molar-refractivity contribution >= 4 is 27.2 Å². The first kappa shape index (κ1) is 29.2. The van der Waals surface area contributed by atoms with Crippen LogP contribution in [0.3, 0.4) is 0 Å². The topological polar surface area (TPSA) is 91.8 Å². The summed E-state index contributed by atoms with van der Waals surface area (Å²) < 4.78 is 42.1. The zero-order valence-corrected chi connectivity index (χ0v) is 24.1. The molecule has 0 atom stereocenters. The summed E-state index contributed by atoms with van der Waals surface area (Å²) >= 11 is 0. The number of amides is 2. The fourth-order valence-corrected chi connectivity index (χ4v) is 5.83. The van der Waals surface area contributed by atoms with Gasteiger partial charge in [-0.2, -0.15) is 0 Å². The van der Waals surface area contributed by atoms with Crippen LogP contribution in [0, 0.1) is 5.82 Å². The highest BCUT2D eigenvalue weighted by Crippen LogP contribution is 2.26. The summed E-state index contributed by atoms with van der Waals surface area (Å²) in [5.41, 5.74) is 3.12. The Kier molecular flexibility index (Phi) is 9.14. The zero-order chi connectivity index (χ0) is 29.5. The molecule has 1 fully saturated rings. The number of para-hydroxylation sites is 1. The first-order valence-corrected chi connectivity index (χ1v) is 15.8. The first-order chi connectivity index (χ1) is 20.2. The van der Waals surface area contributed by atoms with E-state index in [-0.39, 0.29) is 23.6 Å². The molecule has 0 aliphatic carbocycles. The molecule has 8 nitrogen and oxygen atoms in total. The van der Waals surface area contributed by atoms with Gasteiger partial charge in [0.05, 0.1) is 5.75 Å². The lowest BCUT2D eigenvalue weighted by Gasteiger charge is -2.38. The number of benzene rings is 3. The van der Waals surface area contributed by atoms with E-state index in [2.05, 4.69) is 15.2 Å². The van der Waals surface area contributed by atoms with Crippen LogP contribution in [0.4, 0.5) is 20.6 Å². The van der Waals surface area contributed by atoms with Crippen LogP contribution in [0.1, 0.15) is 24.0 Å². The number of sulfone groups is 1. The molecule has 2 amide bonds. The number of anilines is 2. The molecule has 2 heterocycles. The molecule has 0 radical (unpaired) electrons. The number of carbonyl (C=O) groups is 1. The van der Waals surface area contributed by atoms with E-state index in [0.29, 0.717) is 22.9 Å². The van der Waals surface area contributed by atoms with Gasteiger partial charge in [-0.25, -0.2) is 22.6 Å². The molecule has 1 aliphatic heterocycles. The molecular formula is C32H33FN4O4S. The Morgan fingerprint density at radius 2 is 1.62 bits per heavy atom. The van der Waals surface area contributed by atoms with Crippen molar-refractivity contribution in [2.75, 3.05) is 29.6 Å². The standard InChI is InChI=1S/C32H33FN4O4S/c1-42(39,40)23-24-7-14-30(15-8-24)41-31-16-9-25(21-34-31)22-36-19-17-29(18-20-36)37(28-5-3-2-4-6-28)32(38)35-27-12-10-26(33)11-13-27/h2-16,21,29H,17-20,22-23H2,1H3,(H,35,38). The fraction of sp³-hybridized carbons (Fsp3) is 0.250. The van der Waals surface area contributed by atoms with Crippen molar-refractivity contribution in [3.8, 4) is 11.6 Å². The second kappa shape index (κ2) is 13.1. The third-order valence-corrected chi connectivity index (χ3v) is 7.91. The van der Waals surface area contributed by atoms with Gasteiger partial charge in [-0.3, -0.25) is 9.80 Å². The van der Waals surface area contributed by atoms with Gasteiger partial charge < -0.3 is 10.1 Å². The molecule has 5 rings (SSSR count). The smallest absolute Gasteiger partial charge is 0.326 e. The molecule has 1 aliphatic rings. The Morgan fingerprint density at radius 3 is 2.24 bits per heavy atom. The van der Waals surface area contributed by atoms with E-state index in [9.17, 15) is 17.6 Å². The monoisotopic (exact) mass is 588 g/mol. The number of carbonyl (C=O) groups excluding carboxylic acids is 1. The maximum absolute atomic E-state index is 13.4. The van der Waals surface area contributed by atoms with Gasteiger partial charge in [0, 0.05) is 55.6 Å². The quantitative estimate of drug-likeness (QED) is 0.248. The molecule has 10 heteroatoms. The van der Waals surface area contributed by atoms with Crippen LogP contribution in [0.5, 0.6) is 11.6 Å². The van der Waals surface area contributed by atoms with Crippen molar-refractivity contribution in [1.29, 1.82) is 0 Å². The van der Waals surface area contributed by atoms with Gasteiger partial charge in [-0.1, -0.05) is 36.4 Å². The van der Waals surface area contributed by atoms with Crippen molar-refractivity contribution in [3.63, 3.8) is 0 Å². The second-order valence-electron chi connectivity index (χ2n) is 10.5. The predicted molar refractivity (Wildman–Crippen MR) is 162 cm³/mol. The maximum Gasteiger partial charge on any atom is 0.326 e. The molecule has 0 unspecified atom stereocenters. The number of hydrogen-bond acceptors (Lipinski definition) is 6. The summed E-state index contributed by atoms with van der Waals surface area (Å²) in [5.74, 6) is 0.682. The van der Waals surface area contributed by atoms with Crippen LogP contribution in [0.25, 0.3) is 0 Å². The van der Waals surface area contributed by atoms with E-state index < -0.39 is 9.84 Å². The molecule has 3 aromatic carbocycles. The molecule has 0 spiro atoms. The SMILES string of the molecule is CS(=O)(=O)Cc1ccc(Oc2ccc(CN3CCC(N(C(=O)Nc4ccc(F)cc4)c4ccccc4)CC3)cn2)cc1. The van der Waals surface area contributed by atoms with E-state index in [0.717, 1.165) is 43.7 Å². The van der Waals surface area contributed by atoms with Crippen molar-refractivity contribution in [1.82, 2.24) is 9.88 Å². The van der Waals surface area contributed by atoms with Gasteiger partial charge in [0.25, 0.3) is 0 Å². The molecule has 1 aromatic heterocycles. The minimum Gasteiger partial charge on any atom is -0.439 e. The van der Waals surface area contributed by atoms with Crippen LogP contribution in [-0.4, -0.2) is 49.7 Å². The molecule has 42 heavy (non-hydrogen) atoms. The van der Waals surface area contributed by atoms with Gasteiger partial charge in [-0.15, -0.1) is 0 Å². The summed E-state index contributed by atoms with van der Waals surface area (Å²) in [7, 11) is -3.09. The molecular weight excluding hydrogens is 555 g/mol. The number of urea groups is 1. The number of ether oxygens (including phenoxy) is 1. The number of nitrogens with one attached hydrogen (secondary N) is 1. The number of piperidine rings is 1. The highest BCUT2D eigenvalue weighted by atomic mass is 32.2. The average molecular weight is 589 g/mol. The summed E-state index contributed by atoms with van der Waals surface area (Å²) in [6.07, 6.45) is 4.61. The summed E-state index contributed by atoms with van der Waals surface area (Å²) in [6, 6.07) is 25.9. The number of nitrogens with zero attached hydrogens (tertiary/aromatic N) is 3. The van der Waals surface area contributed by atoms with E-state index in [1.165, 1.54) is 18.4 Å². The molecule has 1 saturated heterocycles. The van der Waals surface area contributed by atoms with Crippen molar-refractivity contribution in [3.05, 3.63) is 114 Å². The zero-order valence-electron chi connectivity index (χ0n) is 23.3. The van der Waals surface area contributed by atoms with Gasteiger partial charge in [0.15, 0.2) is 9.84 Å². The number of pyridine rings is 1. The molecule has 218 valence electrons. The van der Waals surface area contributed by atoms with Crippen LogP contribution in [0.15, 0.2) is 97.2 Å². The Morgan fingerprint density at radius 1 is 0.952 bits per heavy atom. The maximum atomic E-state index is 13.4. The number of likely N-dealkylation sites (tertiary alicyclic amines) is 1. The van der Waals surface area contributed by atoms with Crippen molar-refractivity contribution < 1.29 is 22.3 Å². The summed E-state index contributed by atoms with van der Waals surface area (Å²) in [6.45, 7) is 2.36. The van der Waals surface area contributed by atoms with Crippen LogP contribution in [0.2, 0.25) is 0 Å². The molecule has 1 N–H and O–H groups in total.